The van der Waals surface area contributed by atoms with Crippen molar-refractivity contribution >= 4 is 0 Å². The lowest BCUT2D eigenvalue weighted by Crippen LogP contribution is -2.52. The summed E-state index contributed by atoms with van der Waals surface area (Å²) in [7, 11) is 0. The highest BCUT2D eigenvalue weighted by Crippen LogP contribution is 2.32. The van der Waals surface area contributed by atoms with Gasteiger partial charge in [-0.3, -0.25) is 4.90 Å². The maximum atomic E-state index is 13.3. The van der Waals surface area contributed by atoms with Crippen LogP contribution < -0.4 is 5.32 Å². The van der Waals surface area contributed by atoms with Gasteiger partial charge in [-0.05, 0) is 41.8 Å². The minimum Gasteiger partial charge on any atom is -0.314 e. The maximum Gasteiger partial charge on any atom is 0.123 e. The van der Waals surface area contributed by atoms with Gasteiger partial charge < -0.3 is 5.32 Å². The molecule has 0 aliphatic carbocycles. The molecule has 1 atom stereocenters. The van der Waals surface area contributed by atoms with E-state index in [2.05, 4.69) is 17.1 Å². The Labute approximate surface area is 136 Å². The van der Waals surface area contributed by atoms with Crippen LogP contribution >= 0.6 is 0 Å². The molecule has 3 rings (SSSR count). The Morgan fingerprint density at radius 1 is 1.00 bits per heavy atom. The molecule has 0 radical (unpaired) electrons. The van der Waals surface area contributed by atoms with Crippen LogP contribution in [0.2, 0.25) is 0 Å². The number of nitrogens with one attached hydrogen (secondary N) is 1. The molecule has 0 spiro atoms. The van der Waals surface area contributed by atoms with Gasteiger partial charge in [0.05, 0.1) is 6.04 Å². The highest BCUT2D eigenvalue weighted by Gasteiger charge is 2.29. The molecule has 0 saturated carbocycles. The summed E-state index contributed by atoms with van der Waals surface area (Å²) in [5, 5.41) is 3.43. The summed E-state index contributed by atoms with van der Waals surface area (Å²) in [6.07, 6.45) is 1.03. The van der Waals surface area contributed by atoms with Gasteiger partial charge in [-0.25, -0.2) is 8.78 Å². The molecule has 0 bridgehead atoms. The fraction of sp³-hybridized carbons (Fsp3) is 0.368. The van der Waals surface area contributed by atoms with Crippen molar-refractivity contribution in [1.29, 1.82) is 0 Å². The van der Waals surface area contributed by atoms with Crippen LogP contribution in [0.4, 0.5) is 8.78 Å². The zero-order chi connectivity index (χ0) is 16.2. The van der Waals surface area contributed by atoms with E-state index in [1.54, 1.807) is 0 Å². The monoisotopic (exact) mass is 316 g/mol. The molecule has 1 saturated heterocycles. The average Bonchev–Trinajstić information content (AvgIpc) is 2.59. The number of hydrogen-bond acceptors (Lipinski definition) is 2. The van der Waals surface area contributed by atoms with Crippen molar-refractivity contribution in [2.24, 2.45) is 0 Å². The van der Waals surface area contributed by atoms with Crippen LogP contribution in [-0.4, -0.2) is 30.6 Å². The van der Waals surface area contributed by atoms with Crippen molar-refractivity contribution in [3.05, 3.63) is 71.3 Å². The molecule has 1 fully saturated rings. The van der Waals surface area contributed by atoms with Crippen molar-refractivity contribution in [2.75, 3.05) is 19.6 Å². The van der Waals surface area contributed by atoms with Crippen LogP contribution in [0.5, 0.6) is 0 Å². The van der Waals surface area contributed by atoms with Gasteiger partial charge in [-0.2, -0.15) is 0 Å². The number of benzene rings is 2. The summed E-state index contributed by atoms with van der Waals surface area (Å²) in [6.45, 7) is 4.96. The van der Waals surface area contributed by atoms with Crippen LogP contribution in [0, 0.1) is 11.6 Å². The molecule has 2 aromatic carbocycles. The van der Waals surface area contributed by atoms with Crippen LogP contribution in [0.15, 0.2) is 48.5 Å². The normalized spacial score (nSPS) is 19.2. The Hall–Kier alpha value is -1.78. The number of rotatable bonds is 4. The standard InChI is InChI=1S/C19H22F2N2/c1-2-18-13-22-11-12-23(18)19(14-3-7-16(20)8-4-14)15-5-9-17(21)10-6-15/h3-10,18-19,22H,2,11-13H2,1H3/t18-/m0/s1. The second kappa shape index (κ2) is 7.20. The first kappa shape index (κ1) is 16.1. The van der Waals surface area contributed by atoms with Gasteiger partial charge in [0.2, 0.25) is 0 Å². The highest BCUT2D eigenvalue weighted by molar-refractivity contribution is 5.32. The summed E-state index contributed by atoms with van der Waals surface area (Å²) in [5.74, 6) is -0.474. The van der Waals surface area contributed by atoms with Gasteiger partial charge in [0, 0.05) is 25.7 Å². The second-order valence-electron chi connectivity index (χ2n) is 6.01. The topological polar surface area (TPSA) is 15.3 Å². The predicted molar refractivity (Wildman–Crippen MR) is 88.3 cm³/mol. The Kier molecular flexibility index (Phi) is 5.03. The van der Waals surface area contributed by atoms with Crippen LogP contribution in [0.25, 0.3) is 0 Å². The third-order valence-corrected chi connectivity index (χ3v) is 4.57. The molecule has 2 aromatic rings. The van der Waals surface area contributed by atoms with Crippen molar-refractivity contribution in [1.82, 2.24) is 10.2 Å². The minimum absolute atomic E-state index is 0.0169. The Balaban J connectivity index is 2.01. The number of halogens is 2. The Bertz CT molecular complexity index is 579. The summed E-state index contributed by atoms with van der Waals surface area (Å²) in [5.41, 5.74) is 2.08. The van der Waals surface area contributed by atoms with Crippen LogP contribution in [-0.2, 0) is 0 Å². The molecule has 122 valence electrons. The van der Waals surface area contributed by atoms with Gasteiger partial charge in [0.25, 0.3) is 0 Å². The molecule has 1 N–H and O–H groups in total. The highest BCUT2D eigenvalue weighted by atomic mass is 19.1. The second-order valence-corrected chi connectivity index (χ2v) is 6.01. The Morgan fingerprint density at radius 3 is 2.00 bits per heavy atom. The van der Waals surface area contributed by atoms with E-state index in [9.17, 15) is 8.78 Å². The molecule has 2 nitrogen and oxygen atoms in total. The lowest BCUT2D eigenvalue weighted by Gasteiger charge is -2.41. The van der Waals surface area contributed by atoms with E-state index in [1.165, 1.54) is 24.3 Å². The summed E-state index contributed by atoms with van der Waals surface area (Å²) in [6, 6.07) is 13.7. The molecular formula is C19H22F2N2. The molecule has 1 aliphatic rings. The maximum absolute atomic E-state index is 13.3. The van der Waals surface area contributed by atoms with E-state index in [1.807, 2.05) is 24.3 Å². The summed E-state index contributed by atoms with van der Waals surface area (Å²) >= 11 is 0. The van der Waals surface area contributed by atoms with E-state index >= 15 is 0 Å². The average molecular weight is 316 g/mol. The largest absolute Gasteiger partial charge is 0.314 e. The number of piperazine rings is 1. The van der Waals surface area contributed by atoms with E-state index < -0.39 is 0 Å². The number of nitrogens with zero attached hydrogens (tertiary/aromatic N) is 1. The quantitative estimate of drug-likeness (QED) is 0.924. The molecule has 4 heteroatoms. The van der Waals surface area contributed by atoms with E-state index in [0.29, 0.717) is 6.04 Å². The molecule has 0 amide bonds. The van der Waals surface area contributed by atoms with E-state index in [4.69, 9.17) is 0 Å². The summed E-state index contributed by atoms with van der Waals surface area (Å²) < 4.78 is 26.6. The first-order valence-corrected chi connectivity index (χ1v) is 8.16. The molecule has 0 unspecified atom stereocenters. The van der Waals surface area contributed by atoms with Gasteiger partial charge >= 0.3 is 0 Å². The zero-order valence-electron chi connectivity index (χ0n) is 13.3. The van der Waals surface area contributed by atoms with Crippen LogP contribution in [0.1, 0.15) is 30.5 Å². The van der Waals surface area contributed by atoms with E-state index in [-0.39, 0.29) is 17.7 Å². The molecular weight excluding hydrogens is 294 g/mol. The Morgan fingerprint density at radius 2 is 1.52 bits per heavy atom. The smallest absolute Gasteiger partial charge is 0.123 e. The van der Waals surface area contributed by atoms with Crippen molar-refractivity contribution < 1.29 is 8.78 Å². The van der Waals surface area contributed by atoms with Gasteiger partial charge in [-0.15, -0.1) is 0 Å². The van der Waals surface area contributed by atoms with Crippen molar-refractivity contribution in [3.8, 4) is 0 Å². The first-order valence-electron chi connectivity index (χ1n) is 8.16. The fourth-order valence-corrected chi connectivity index (χ4v) is 3.36. The molecule has 23 heavy (non-hydrogen) atoms. The van der Waals surface area contributed by atoms with Crippen LogP contribution in [0.3, 0.4) is 0 Å². The van der Waals surface area contributed by atoms with Crippen molar-refractivity contribution in [2.45, 2.75) is 25.4 Å². The first-order chi connectivity index (χ1) is 11.2. The van der Waals surface area contributed by atoms with E-state index in [0.717, 1.165) is 37.2 Å². The minimum atomic E-state index is -0.237. The van der Waals surface area contributed by atoms with Gasteiger partial charge in [0.15, 0.2) is 0 Å². The number of hydrogen-bond donors (Lipinski definition) is 1. The third-order valence-electron chi connectivity index (χ3n) is 4.57. The van der Waals surface area contributed by atoms with Gasteiger partial charge in [0.1, 0.15) is 11.6 Å². The lowest BCUT2D eigenvalue weighted by atomic mass is 9.94. The third kappa shape index (κ3) is 3.59. The molecule has 0 aromatic heterocycles. The lowest BCUT2D eigenvalue weighted by molar-refractivity contribution is 0.122. The predicted octanol–water partition coefficient (Wildman–Crippen LogP) is 3.74. The SMILES string of the molecule is CC[C@H]1CNCCN1C(c1ccc(F)cc1)c1ccc(F)cc1. The molecule has 1 heterocycles. The van der Waals surface area contributed by atoms with Gasteiger partial charge in [-0.1, -0.05) is 31.2 Å². The summed E-state index contributed by atoms with van der Waals surface area (Å²) in [4.78, 5) is 2.44. The zero-order valence-corrected chi connectivity index (χ0v) is 13.3. The molecule has 1 aliphatic heterocycles. The fourth-order valence-electron chi connectivity index (χ4n) is 3.36. The van der Waals surface area contributed by atoms with Crippen molar-refractivity contribution in [3.63, 3.8) is 0 Å².